The molecule has 1 aromatic rings. The van der Waals surface area contributed by atoms with Crippen molar-refractivity contribution in [2.24, 2.45) is 7.05 Å². The van der Waals surface area contributed by atoms with Gasteiger partial charge in [-0.25, -0.2) is 4.79 Å². The maximum absolute atomic E-state index is 10.8. The Morgan fingerprint density at radius 3 is 2.50 bits per heavy atom. The topological polar surface area (TPSA) is 104 Å². The quantitative estimate of drug-likeness (QED) is 0.518. The number of hydrogen-bond acceptors (Lipinski definition) is 5. The Kier molecular flexibility index (Phi) is 4.27. The largest absolute Gasteiger partial charge is 0.378 e. The molecule has 1 aromatic heterocycles. The van der Waals surface area contributed by atoms with Gasteiger partial charge in [-0.05, 0) is 0 Å². The van der Waals surface area contributed by atoms with Crippen LogP contribution in [0.25, 0.3) is 0 Å². The number of nitrogen functional groups attached to an aromatic ring is 1. The number of nitrogens with zero attached hydrogens (tertiary/aromatic N) is 3. The van der Waals surface area contributed by atoms with Crippen LogP contribution >= 0.6 is 0 Å². The Morgan fingerprint density at radius 2 is 2.07 bits per heavy atom. The molecular formula is C7H12N4O3. The predicted molar refractivity (Wildman–Crippen MR) is 51.9 cm³/mol. The van der Waals surface area contributed by atoms with E-state index in [4.69, 9.17) is 5.73 Å². The molecule has 14 heavy (non-hydrogen) atoms. The summed E-state index contributed by atoms with van der Waals surface area (Å²) < 4.78 is 0.995. The molecule has 0 aliphatic rings. The summed E-state index contributed by atoms with van der Waals surface area (Å²) in [6.07, 6.45) is 1.03. The minimum atomic E-state index is -0.693. The lowest BCUT2D eigenvalue weighted by Crippen LogP contribution is -2.21. The highest BCUT2D eigenvalue weighted by molar-refractivity contribution is 5.49. The first-order chi connectivity index (χ1) is 6.52. The Balaban J connectivity index is 0.000000791. The zero-order valence-electron chi connectivity index (χ0n) is 8.22. The molecule has 1 heterocycles. The van der Waals surface area contributed by atoms with E-state index in [0.29, 0.717) is 0 Å². The Hall–Kier alpha value is -1.92. The van der Waals surface area contributed by atoms with E-state index in [0.717, 1.165) is 10.8 Å². The third-order valence-corrected chi connectivity index (χ3v) is 1.29. The monoisotopic (exact) mass is 200 g/mol. The van der Waals surface area contributed by atoms with E-state index in [-0.39, 0.29) is 11.5 Å². The molecule has 0 amide bonds. The second-order valence-electron chi connectivity index (χ2n) is 2.16. The SMILES string of the molecule is CC.Cn1cc([N+](=O)[O-])c(N)nc1=O. The molecule has 7 heteroatoms. The van der Waals surface area contributed by atoms with Gasteiger partial charge in [0, 0.05) is 7.05 Å². The molecule has 0 saturated carbocycles. The summed E-state index contributed by atoms with van der Waals surface area (Å²) in [4.78, 5) is 23.6. The van der Waals surface area contributed by atoms with Gasteiger partial charge in [-0.2, -0.15) is 4.98 Å². The highest BCUT2D eigenvalue weighted by Crippen LogP contribution is 2.13. The zero-order chi connectivity index (χ0) is 11.3. The van der Waals surface area contributed by atoms with E-state index in [1.807, 2.05) is 13.8 Å². The molecule has 0 fully saturated rings. The van der Waals surface area contributed by atoms with Gasteiger partial charge in [-0.15, -0.1) is 0 Å². The molecule has 0 aromatic carbocycles. The fourth-order valence-corrected chi connectivity index (χ4v) is 0.685. The Bertz CT molecular complexity index is 385. The molecule has 0 aliphatic carbocycles. The summed E-state index contributed by atoms with van der Waals surface area (Å²) in [5.74, 6) is -0.358. The minimum Gasteiger partial charge on any atom is -0.378 e. The number of aromatic nitrogens is 2. The van der Waals surface area contributed by atoms with Crippen LogP contribution < -0.4 is 11.4 Å². The highest BCUT2D eigenvalue weighted by atomic mass is 16.6. The molecule has 0 atom stereocenters. The number of anilines is 1. The number of aryl methyl sites for hydroxylation is 1. The molecule has 0 saturated heterocycles. The molecule has 78 valence electrons. The molecule has 2 N–H and O–H groups in total. The van der Waals surface area contributed by atoms with Crippen molar-refractivity contribution in [3.63, 3.8) is 0 Å². The highest BCUT2D eigenvalue weighted by Gasteiger charge is 2.13. The molecule has 0 aliphatic heterocycles. The normalized spacial score (nSPS) is 8.79. The average Bonchev–Trinajstić information content (AvgIpc) is 2.14. The summed E-state index contributed by atoms with van der Waals surface area (Å²) >= 11 is 0. The lowest BCUT2D eigenvalue weighted by atomic mass is 10.5. The molecule has 0 bridgehead atoms. The van der Waals surface area contributed by atoms with E-state index in [9.17, 15) is 14.9 Å². The van der Waals surface area contributed by atoms with Crippen LogP contribution in [0.3, 0.4) is 0 Å². The lowest BCUT2D eigenvalue weighted by molar-refractivity contribution is -0.384. The molecule has 0 radical (unpaired) electrons. The molecule has 0 spiro atoms. The molecule has 0 unspecified atom stereocenters. The fourth-order valence-electron chi connectivity index (χ4n) is 0.685. The van der Waals surface area contributed by atoms with Gasteiger partial charge in [0.2, 0.25) is 5.82 Å². The van der Waals surface area contributed by atoms with Crippen LogP contribution in [0.15, 0.2) is 11.0 Å². The summed E-state index contributed by atoms with van der Waals surface area (Å²) in [5.41, 5.74) is 4.15. The first-order valence-electron chi connectivity index (χ1n) is 4.00. The smallest absolute Gasteiger partial charge is 0.349 e. The minimum absolute atomic E-state index is 0.358. The van der Waals surface area contributed by atoms with Gasteiger partial charge >= 0.3 is 11.4 Å². The second kappa shape index (κ2) is 4.95. The Labute approximate surface area is 80.3 Å². The van der Waals surface area contributed by atoms with Gasteiger partial charge in [-0.3, -0.25) is 14.7 Å². The maximum atomic E-state index is 10.8. The van der Waals surface area contributed by atoms with Gasteiger partial charge in [0.25, 0.3) is 0 Å². The van der Waals surface area contributed by atoms with Crippen LogP contribution in [0.5, 0.6) is 0 Å². The van der Waals surface area contributed by atoms with Crippen LogP contribution in [-0.4, -0.2) is 14.5 Å². The fraction of sp³-hybridized carbons (Fsp3) is 0.429. The van der Waals surface area contributed by atoms with Crippen molar-refractivity contribution < 1.29 is 4.92 Å². The molecule has 7 nitrogen and oxygen atoms in total. The number of hydrogen-bond donors (Lipinski definition) is 1. The summed E-state index contributed by atoms with van der Waals surface area (Å²) in [6.45, 7) is 4.00. The van der Waals surface area contributed by atoms with Crippen LogP contribution in [0.4, 0.5) is 11.5 Å². The van der Waals surface area contributed by atoms with Gasteiger partial charge in [0.1, 0.15) is 0 Å². The standard InChI is InChI=1S/C5H6N4O3.C2H6/c1-8-2-3(9(11)12)4(6)7-5(8)10;1-2/h2H,1H3,(H2,6,7,10);1-2H3. The summed E-state index contributed by atoms with van der Waals surface area (Å²) in [6, 6.07) is 0. The van der Waals surface area contributed by atoms with E-state index in [1.165, 1.54) is 7.05 Å². The van der Waals surface area contributed by atoms with Gasteiger partial charge in [0.15, 0.2) is 0 Å². The summed E-state index contributed by atoms with van der Waals surface area (Å²) in [7, 11) is 1.36. The van der Waals surface area contributed by atoms with Crippen molar-refractivity contribution in [2.75, 3.05) is 5.73 Å². The van der Waals surface area contributed by atoms with Crippen LogP contribution in [0.1, 0.15) is 13.8 Å². The second-order valence-corrected chi connectivity index (χ2v) is 2.16. The van der Waals surface area contributed by atoms with Crippen molar-refractivity contribution in [3.05, 3.63) is 26.8 Å². The third kappa shape index (κ3) is 2.54. The Morgan fingerprint density at radius 1 is 1.57 bits per heavy atom. The van der Waals surface area contributed by atoms with Crippen molar-refractivity contribution in [2.45, 2.75) is 13.8 Å². The molecule has 1 rings (SSSR count). The van der Waals surface area contributed by atoms with E-state index < -0.39 is 10.6 Å². The van der Waals surface area contributed by atoms with Crippen LogP contribution in [0.2, 0.25) is 0 Å². The number of nitro groups is 1. The van der Waals surface area contributed by atoms with E-state index in [2.05, 4.69) is 4.98 Å². The van der Waals surface area contributed by atoms with Crippen LogP contribution in [-0.2, 0) is 7.05 Å². The lowest BCUT2D eigenvalue weighted by Gasteiger charge is -1.97. The first kappa shape index (κ1) is 12.1. The van der Waals surface area contributed by atoms with Crippen LogP contribution in [0, 0.1) is 10.1 Å². The first-order valence-corrected chi connectivity index (χ1v) is 4.00. The third-order valence-electron chi connectivity index (χ3n) is 1.29. The average molecular weight is 200 g/mol. The van der Waals surface area contributed by atoms with Gasteiger partial charge in [0.05, 0.1) is 11.1 Å². The number of rotatable bonds is 1. The van der Waals surface area contributed by atoms with E-state index in [1.54, 1.807) is 0 Å². The zero-order valence-corrected chi connectivity index (χ0v) is 8.22. The van der Waals surface area contributed by atoms with Crippen molar-refractivity contribution in [3.8, 4) is 0 Å². The van der Waals surface area contributed by atoms with Gasteiger partial charge < -0.3 is 5.73 Å². The maximum Gasteiger partial charge on any atom is 0.349 e. The van der Waals surface area contributed by atoms with Crippen molar-refractivity contribution in [1.82, 2.24) is 9.55 Å². The summed E-state index contributed by atoms with van der Waals surface area (Å²) in [5, 5.41) is 10.3. The number of nitrogens with two attached hydrogens (primary N) is 1. The predicted octanol–water partition coefficient (Wildman–Crippen LogP) is 0.297. The molecular weight excluding hydrogens is 188 g/mol. The van der Waals surface area contributed by atoms with Crippen molar-refractivity contribution >= 4 is 11.5 Å². The van der Waals surface area contributed by atoms with Gasteiger partial charge in [-0.1, -0.05) is 13.8 Å². The van der Waals surface area contributed by atoms with E-state index >= 15 is 0 Å². The van der Waals surface area contributed by atoms with Crippen molar-refractivity contribution in [1.29, 1.82) is 0 Å².